The molecule has 1 unspecified atom stereocenters. The third-order valence-electron chi connectivity index (χ3n) is 3.33. The summed E-state index contributed by atoms with van der Waals surface area (Å²) in [5.74, 6) is -0.0788. The number of hydrogen-bond donors (Lipinski definition) is 0. The van der Waals surface area contributed by atoms with Crippen LogP contribution in [-0.2, 0) is 6.42 Å². The van der Waals surface area contributed by atoms with Crippen LogP contribution in [-0.4, -0.2) is 30.0 Å². The lowest BCUT2D eigenvalue weighted by Gasteiger charge is -2.19. The fourth-order valence-corrected chi connectivity index (χ4v) is 2.16. The highest BCUT2D eigenvalue weighted by molar-refractivity contribution is 5.25. The molecule has 1 aromatic carbocycles. The Balaban J connectivity index is 1.87. The van der Waals surface area contributed by atoms with Crippen molar-refractivity contribution >= 4 is 0 Å². The number of benzene rings is 1. The number of hydrogen-bond acceptors (Lipinski definition) is 3. The SMILES string of the molecule is CN(CCc1ccccn1)CC(C#N)c1ccccc1. The van der Waals surface area contributed by atoms with E-state index in [1.807, 2.05) is 54.7 Å². The van der Waals surface area contributed by atoms with Crippen molar-refractivity contribution in [2.75, 3.05) is 20.1 Å². The predicted molar refractivity (Wildman–Crippen MR) is 80.2 cm³/mol. The molecular formula is C17H19N3. The molecule has 0 amide bonds. The first kappa shape index (κ1) is 14.2. The van der Waals surface area contributed by atoms with E-state index in [1.54, 1.807) is 0 Å². The second kappa shape index (κ2) is 7.42. The first-order chi connectivity index (χ1) is 9.79. The molecule has 0 aliphatic heterocycles. The zero-order valence-corrected chi connectivity index (χ0v) is 11.7. The van der Waals surface area contributed by atoms with Gasteiger partial charge in [-0.15, -0.1) is 0 Å². The second-order valence-electron chi connectivity index (χ2n) is 4.93. The zero-order valence-electron chi connectivity index (χ0n) is 11.7. The van der Waals surface area contributed by atoms with E-state index in [9.17, 15) is 5.26 Å². The summed E-state index contributed by atoms with van der Waals surface area (Å²) in [6.45, 7) is 1.65. The Kier molecular flexibility index (Phi) is 5.28. The molecule has 3 nitrogen and oxygen atoms in total. The van der Waals surface area contributed by atoms with Gasteiger partial charge < -0.3 is 4.90 Å². The number of aromatic nitrogens is 1. The smallest absolute Gasteiger partial charge is 0.0839 e. The summed E-state index contributed by atoms with van der Waals surface area (Å²) >= 11 is 0. The van der Waals surface area contributed by atoms with E-state index in [0.29, 0.717) is 0 Å². The molecule has 20 heavy (non-hydrogen) atoms. The van der Waals surface area contributed by atoms with E-state index in [1.165, 1.54) is 0 Å². The van der Waals surface area contributed by atoms with Gasteiger partial charge in [0.05, 0.1) is 12.0 Å². The normalized spacial score (nSPS) is 12.1. The number of rotatable bonds is 6. The van der Waals surface area contributed by atoms with E-state index in [2.05, 4.69) is 23.0 Å². The molecular weight excluding hydrogens is 246 g/mol. The van der Waals surface area contributed by atoms with Gasteiger partial charge in [0.25, 0.3) is 0 Å². The van der Waals surface area contributed by atoms with Crippen LogP contribution in [0.4, 0.5) is 0 Å². The Hall–Kier alpha value is -2.18. The van der Waals surface area contributed by atoms with Crippen LogP contribution < -0.4 is 0 Å². The van der Waals surface area contributed by atoms with Crippen molar-refractivity contribution in [3.8, 4) is 6.07 Å². The van der Waals surface area contributed by atoms with Crippen molar-refractivity contribution < 1.29 is 0 Å². The average molecular weight is 265 g/mol. The zero-order chi connectivity index (χ0) is 14.2. The monoisotopic (exact) mass is 265 g/mol. The van der Waals surface area contributed by atoms with E-state index < -0.39 is 0 Å². The molecule has 1 heterocycles. The molecule has 0 radical (unpaired) electrons. The van der Waals surface area contributed by atoms with Crippen LogP contribution >= 0.6 is 0 Å². The standard InChI is InChI=1S/C17H19N3/c1-20(12-10-17-9-5-6-11-19-17)14-16(13-18)15-7-3-2-4-8-15/h2-9,11,16H,10,12,14H2,1H3. The Bertz CT molecular complexity index is 545. The Labute approximate surface area is 120 Å². The van der Waals surface area contributed by atoms with Gasteiger partial charge in [-0.25, -0.2) is 0 Å². The molecule has 0 saturated carbocycles. The minimum absolute atomic E-state index is 0.0788. The van der Waals surface area contributed by atoms with Crippen molar-refractivity contribution in [3.63, 3.8) is 0 Å². The summed E-state index contributed by atoms with van der Waals surface area (Å²) < 4.78 is 0. The van der Waals surface area contributed by atoms with Gasteiger partial charge in [-0.3, -0.25) is 4.98 Å². The maximum Gasteiger partial charge on any atom is 0.0839 e. The van der Waals surface area contributed by atoms with Crippen LogP contribution in [0, 0.1) is 11.3 Å². The molecule has 2 rings (SSSR count). The van der Waals surface area contributed by atoms with Gasteiger partial charge in [0.2, 0.25) is 0 Å². The van der Waals surface area contributed by atoms with Crippen molar-refractivity contribution in [3.05, 3.63) is 66.0 Å². The lowest BCUT2D eigenvalue weighted by molar-refractivity contribution is 0.330. The van der Waals surface area contributed by atoms with E-state index >= 15 is 0 Å². The Morgan fingerprint density at radius 2 is 1.90 bits per heavy atom. The highest BCUT2D eigenvalue weighted by Crippen LogP contribution is 2.15. The third-order valence-corrected chi connectivity index (χ3v) is 3.33. The molecule has 0 spiro atoms. The van der Waals surface area contributed by atoms with Crippen molar-refractivity contribution in [2.24, 2.45) is 0 Å². The van der Waals surface area contributed by atoms with Crippen molar-refractivity contribution in [1.29, 1.82) is 5.26 Å². The number of likely N-dealkylation sites (N-methyl/N-ethyl adjacent to an activating group) is 1. The quantitative estimate of drug-likeness (QED) is 0.806. The summed E-state index contributed by atoms with van der Waals surface area (Å²) in [5, 5.41) is 9.32. The summed E-state index contributed by atoms with van der Waals surface area (Å²) in [6, 6.07) is 18.3. The maximum absolute atomic E-state index is 9.32. The summed E-state index contributed by atoms with van der Waals surface area (Å²) in [7, 11) is 2.05. The van der Waals surface area contributed by atoms with Crippen LogP contribution in [0.3, 0.4) is 0 Å². The molecule has 1 atom stereocenters. The summed E-state index contributed by atoms with van der Waals surface area (Å²) in [4.78, 5) is 6.51. The van der Waals surface area contributed by atoms with E-state index in [0.717, 1.165) is 30.8 Å². The number of nitriles is 1. The lowest BCUT2D eigenvalue weighted by Crippen LogP contribution is -2.26. The molecule has 0 aliphatic rings. The fraction of sp³-hybridized carbons (Fsp3) is 0.294. The first-order valence-electron chi connectivity index (χ1n) is 6.82. The van der Waals surface area contributed by atoms with Gasteiger partial charge in [0, 0.05) is 31.4 Å². The molecule has 0 saturated heterocycles. The van der Waals surface area contributed by atoms with Crippen LogP contribution in [0.15, 0.2) is 54.7 Å². The van der Waals surface area contributed by atoms with Crippen LogP contribution in [0.25, 0.3) is 0 Å². The van der Waals surface area contributed by atoms with Gasteiger partial charge in [0.15, 0.2) is 0 Å². The van der Waals surface area contributed by atoms with Crippen LogP contribution in [0.1, 0.15) is 17.2 Å². The molecule has 1 aromatic heterocycles. The van der Waals surface area contributed by atoms with Gasteiger partial charge in [-0.05, 0) is 24.7 Å². The summed E-state index contributed by atoms with van der Waals surface area (Å²) in [5.41, 5.74) is 2.17. The number of pyridine rings is 1. The molecule has 0 fully saturated rings. The summed E-state index contributed by atoms with van der Waals surface area (Å²) in [6.07, 6.45) is 2.72. The van der Waals surface area contributed by atoms with Crippen molar-refractivity contribution in [1.82, 2.24) is 9.88 Å². The van der Waals surface area contributed by atoms with E-state index in [-0.39, 0.29) is 5.92 Å². The Morgan fingerprint density at radius 1 is 1.15 bits per heavy atom. The van der Waals surface area contributed by atoms with Gasteiger partial charge in [0.1, 0.15) is 0 Å². The molecule has 0 N–H and O–H groups in total. The van der Waals surface area contributed by atoms with Gasteiger partial charge in [-0.2, -0.15) is 5.26 Å². The van der Waals surface area contributed by atoms with Gasteiger partial charge in [-0.1, -0.05) is 36.4 Å². The maximum atomic E-state index is 9.32. The topological polar surface area (TPSA) is 39.9 Å². The lowest BCUT2D eigenvalue weighted by atomic mass is 10.0. The molecule has 0 aliphatic carbocycles. The molecule has 2 aromatic rings. The largest absolute Gasteiger partial charge is 0.304 e. The third kappa shape index (κ3) is 4.18. The number of nitrogens with zero attached hydrogens (tertiary/aromatic N) is 3. The Morgan fingerprint density at radius 3 is 2.55 bits per heavy atom. The van der Waals surface area contributed by atoms with Crippen LogP contribution in [0.5, 0.6) is 0 Å². The van der Waals surface area contributed by atoms with E-state index in [4.69, 9.17) is 0 Å². The van der Waals surface area contributed by atoms with Crippen molar-refractivity contribution in [2.45, 2.75) is 12.3 Å². The predicted octanol–water partition coefficient (Wildman–Crippen LogP) is 2.86. The van der Waals surface area contributed by atoms with Gasteiger partial charge >= 0.3 is 0 Å². The van der Waals surface area contributed by atoms with Crippen LogP contribution in [0.2, 0.25) is 0 Å². The molecule has 0 bridgehead atoms. The second-order valence-corrected chi connectivity index (χ2v) is 4.93. The minimum Gasteiger partial charge on any atom is -0.304 e. The molecule has 3 heteroatoms. The molecule has 102 valence electrons. The first-order valence-corrected chi connectivity index (χ1v) is 6.82. The fourth-order valence-electron chi connectivity index (χ4n) is 2.16. The minimum atomic E-state index is -0.0788. The average Bonchev–Trinajstić information content (AvgIpc) is 2.52. The highest BCUT2D eigenvalue weighted by atomic mass is 15.1. The highest BCUT2D eigenvalue weighted by Gasteiger charge is 2.12.